The molecule has 0 aromatic heterocycles. The maximum atomic E-state index is 8.75. The molecule has 0 radical (unpaired) electrons. The van der Waals surface area contributed by atoms with Crippen molar-refractivity contribution in [2.24, 2.45) is 0 Å². The molecule has 3 nitrogen and oxygen atoms in total. The fourth-order valence-corrected chi connectivity index (χ4v) is 8.17. The average molecular weight is 222 g/mol. The molecule has 0 aliphatic heterocycles. The van der Waals surface area contributed by atoms with Gasteiger partial charge < -0.3 is 13.6 Å². The van der Waals surface area contributed by atoms with Crippen molar-refractivity contribution in [3.8, 4) is 0 Å². The van der Waals surface area contributed by atoms with Gasteiger partial charge in [-0.05, 0) is 38.7 Å². The van der Waals surface area contributed by atoms with Gasteiger partial charge in [0.25, 0.3) is 0 Å². The second kappa shape index (κ2) is 5.26. The number of aliphatic hydroxyl groups excluding tert-OH is 1. The zero-order valence-corrected chi connectivity index (χ0v) is 11.4. The fraction of sp³-hybridized carbons (Fsp3) is 1.00. The van der Waals surface area contributed by atoms with E-state index in [-0.39, 0.29) is 6.61 Å². The smallest absolute Gasteiger partial charge is 0.324 e. The molecule has 0 aromatic carbocycles. The summed E-state index contributed by atoms with van der Waals surface area (Å²) in [5.74, 6) is 0. The highest BCUT2D eigenvalue weighted by Gasteiger charge is 2.34. The Bertz CT molecular complexity index is 147. The van der Waals surface area contributed by atoms with E-state index < -0.39 is 16.9 Å². The predicted molar refractivity (Wildman–Crippen MR) is 59.6 cm³/mol. The standard InChI is InChI=1S/C8H22O3Si2/c1-10-13(5,8-6-7-9)11-12(2,3)4/h9H,6-8H2,1-5H3. The molecule has 80 valence electrons. The van der Waals surface area contributed by atoms with E-state index in [0.29, 0.717) is 0 Å². The van der Waals surface area contributed by atoms with Crippen LogP contribution in [0, 0.1) is 0 Å². The van der Waals surface area contributed by atoms with E-state index >= 15 is 0 Å². The normalized spacial score (nSPS) is 17.1. The molecule has 0 saturated heterocycles. The Morgan fingerprint density at radius 1 is 1.15 bits per heavy atom. The summed E-state index contributed by atoms with van der Waals surface area (Å²) in [4.78, 5) is 0. The molecule has 0 aromatic rings. The number of aliphatic hydroxyl groups is 1. The second-order valence-corrected chi connectivity index (χ2v) is 12.6. The van der Waals surface area contributed by atoms with Crippen molar-refractivity contribution in [1.82, 2.24) is 0 Å². The van der Waals surface area contributed by atoms with Crippen LogP contribution in [0.5, 0.6) is 0 Å². The largest absolute Gasteiger partial charge is 0.436 e. The lowest BCUT2D eigenvalue weighted by molar-refractivity contribution is 0.271. The van der Waals surface area contributed by atoms with Crippen LogP contribution in [-0.4, -0.2) is 35.7 Å². The van der Waals surface area contributed by atoms with Crippen LogP contribution >= 0.6 is 0 Å². The Kier molecular flexibility index (Phi) is 5.38. The van der Waals surface area contributed by atoms with Gasteiger partial charge in [0.05, 0.1) is 0 Å². The van der Waals surface area contributed by atoms with Gasteiger partial charge in [0, 0.05) is 13.7 Å². The highest BCUT2D eigenvalue weighted by atomic mass is 28.4. The molecule has 0 heterocycles. The SMILES string of the molecule is CO[Si](C)(CCCO)O[Si](C)(C)C. The van der Waals surface area contributed by atoms with E-state index in [1.165, 1.54) is 0 Å². The lowest BCUT2D eigenvalue weighted by Crippen LogP contribution is -2.46. The van der Waals surface area contributed by atoms with Crippen molar-refractivity contribution in [1.29, 1.82) is 0 Å². The van der Waals surface area contributed by atoms with Gasteiger partial charge in [-0.15, -0.1) is 0 Å². The van der Waals surface area contributed by atoms with Gasteiger partial charge in [0.15, 0.2) is 8.32 Å². The number of rotatable bonds is 6. The third-order valence-corrected chi connectivity index (χ3v) is 8.04. The van der Waals surface area contributed by atoms with Crippen molar-refractivity contribution in [2.75, 3.05) is 13.7 Å². The van der Waals surface area contributed by atoms with Crippen LogP contribution in [0.1, 0.15) is 6.42 Å². The summed E-state index contributed by atoms with van der Waals surface area (Å²) in [6, 6.07) is 0.879. The Balaban J connectivity index is 4.11. The third-order valence-electron chi connectivity index (χ3n) is 1.74. The zero-order chi connectivity index (χ0) is 10.5. The van der Waals surface area contributed by atoms with Gasteiger partial charge in [-0.2, -0.15) is 0 Å². The van der Waals surface area contributed by atoms with Crippen LogP contribution in [0.25, 0.3) is 0 Å². The summed E-state index contributed by atoms with van der Waals surface area (Å²) in [6.45, 7) is 8.78. The summed E-state index contributed by atoms with van der Waals surface area (Å²) in [5, 5.41) is 8.75. The fourth-order valence-electron chi connectivity index (χ4n) is 1.24. The number of hydrogen-bond acceptors (Lipinski definition) is 3. The van der Waals surface area contributed by atoms with E-state index in [9.17, 15) is 0 Å². The minimum Gasteiger partial charge on any atom is -0.436 e. The molecule has 0 rings (SSSR count). The lowest BCUT2D eigenvalue weighted by atomic mass is 10.5. The Labute approximate surface area is 83.4 Å². The third kappa shape index (κ3) is 6.39. The van der Waals surface area contributed by atoms with Gasteiger partial charge in [-0.3, -0.25) is 0 Å². The summed E-state index contributed by atoms with van der Waals surface area (Å²) in [7, 11) is -1.77. The summed E-state index contributed by atoms with van der Waals surface area (Å²) < 4.78 is 11.5. The monoisotopic (exact) mass is 222 g/mol. The van der Waals surface area contributed by atoms with Crippen molar-refractivity contribution in [2.45, 2.75) is 38.7 Å². The predicted octanol–water partition coefficient (Wildman–Crippen LogP) is 1.94. The molecular weight excluding hydrogens is 200 g/mol. The first-order valence-corrected chi connectivity index (χ1v) is 10.6. The Morgan fingerprint density at radius 3 is 2.00 bits per heavy atom. The summed E-state index contributed by atoms with van der Waals surface area (Å²) >= 11 is 0. The van der Waals surface area contributed by atoms with Gasteiger partial charge in [-0.25, -0.2) is 0 Å². The highest BCUT2D eigenvalue weighted by molar-refractivity contribution is 6.81. The van der Waals surface area contributed by atoms with E-state index in [0.717, 1.165) is 12.5 Å². The average Bonchev–Trinajstić information content (AvgIpc) is 1.98. The van der Waals surface area contributed by atoms with Crippen LogP contribution in [0.2, 0.25) is 32.2 Å². The molecule has 13 heavy (non-hydrogen) atoms. The molecule has 0 saturated carbocycles. The number of hydrogen-bond donors (Lipinski definition) is 1. The van der Waals surface area contributed by atoms with Crippen LogP contribution in [0.4, 0.5) is 0 Å². The minimum absolute atomic E-state index is 0.223. The Morgan fingerprint density at radius 2 is 1.69 bits per heavy atom. The molecule has 0 aliphatic rings. The van der Waals surface area contributed by atoms with E-state index in [2.05, 4.69) is 26.2 Å². The molecule has 0 aliphatic carbocycles. The maximum absolute atomic E-state index is 8.75. The van der Waals surface area contributed by atoms with Crippen LogP contribution in [0.3, 0.4) is 0 Å². The van der Waals surface area contributed by atoms with E-state index in [1.54, 1.807) is 7.11 Å². The first kappa shape index (κ1) is 13.3. The Hall–Kier alpha value is 0.314. The van der Waals surface area contributed by atoms with Crippen molar-refractivity contribution >= 4 is 16.9 Å². The van der Waals surface area contributed by atoms with Crippen molar-refractivity contribution in [3.63, 3.8) is 0 Å². The summed E-state index contributed by atoms with van der Waals surface area (Å²) in [6.07, 6.45) is 0.779. The van der Waals surface area contributed by atoms with Gasteiger partial charge >= 0.3 is 8.56 Å². The molecule has 1 unspecified atom stereocenters. The van der Waals surface area contributed by atoms with Crippen molar-refractivity contribution in [3.05, 3.63) is 0 Å². The maximum Gasteiger partial charge on any atom is 0.324 e. The van der Waals surface area contributed by atoms with Gasteiger partial charge in [0.1, 0.15) is 0 Å². The van der Waals surface area contributed by atoms with Crippen LogP contribution in [0.15, 0.2) is 0 Å². The molecule has 1 atom stereocenters. The summed E-state index contributed by atoms with van der Waals surface area (Å²) in [5.41, 5.74) is 0. The molecule has 0 bridgehead atoms. The lowest BCUT2D eigenvalue weighted by Gasteiger charge is -2.32. The van der Waals surface area contributed by atoms with E-state index in [4.69, 9.17) is 13.6 Å². The highest BCUT2D eigenvalue weighted by Crippen LogP contribution is 2.20. The first-order valence-electron chi connectivity index (χ1n) is 4.69. The minimum atomic E-state index is -1.98. The first-order chi connectivity index (χ1) is 5.83. The zero-order valence-electron chi connectivity index (χ0n) is 9.39. The molecule has 0 fully saturated rings. The van der Waals surface area contributed by atoms with Gasteiger partial charge in [0.2, 0.25) is 0 Å². The van der Waals surface area contributed by atoms with Crippen LogP contribution in [-0.2, 0) is 8.54 Å². The quantitative estimate of drug-likeness (QED) is 0.698. The molecule has 1 N–H and O–H groups in total. The van der Waals surface area contributed by atoms with E-state index in [1.807, 2.05) is 0 Å². The second-order valence-electron chi connectivity index (χ2n) is 4.38. The molecular formula is C8H22O3Si2. The molecule has 0 amide bonds. The van der Waals surface area contributed by atoms with Gasteiger partial charge in [-0.1, -0.05) is 0 Å². The molecule has 0 spiro atoms. The molecule has 5 heteroatoms. The van der Waals surface area contributed by atoms with Crippen molar-refractivity contribution < 1.29 is 13.6 Å². The topological polar surface area (TPSA) is 38.7 Å². The van der Waals surface area contributed by atoms with Crippen LogP contribution < -0.4 is 0 Å².